The van der Waals surface area contributed by atoms with Gasteiger partial charge in [-0.25, -0.2) is 4.98 Å². The van der Waals surface area contributed by atoms with Crippen LogP contribution in [0.5, 0.6) is 11.5 Å². The average molecular weight is 397 g/mol. The number of thiazole rings is 1. The molecule has 0 aliphatic heterocycles. The first kappa shape index (κ1) is 19.9. The Morgan fingerprint density at radius 2 is 2.04 bits per heavy atom. The Morgan fingerprint density at radius 3 is 2.68 bits per heavy atom. The number of ether oxygens (including phenoxy) is 2. The number of benzene rings is 2. The monoisotopic (exact) mass is 397 g/mol. The summed E-state index contributed by atoms with van der Waals surface area (Å²) in [6.07, 6.45) is 1.55. The second-order valence-corrected chi connectivity index (χ2v) is 6.81. The highest BCUT2D eigenvalue weighted by Crippen LogP contribution is 2.27. The topological polar surface area (TPSA) is 96.2 Å². The van der Waals surface area contributed by atoms with Gasteiger partial charge in [0.05, 0.1) is 19.0 Å². The van der Waals surface area contributed by atoms with Crippen LogP contribution in [0.4, 0.5) is 5.13 Å². The number of nitrogens with one attached hydrogen (secondary N) is 1. The Kier molecular flexibility index (Phi) is 6.64. The molecule has 9 heteroatoms. The van der Waals surface area contributed by atoms with Crippen molar-refractivity contribution < 1.29 is 19.5 Å². The molecular weight excluding hydrogens is 377 g/mol. The van der Waals surface area contributed by atoms with E-state index in [2.05, 4.69) is 15.5 Å². The lowest BCUT2D eigenvalue weighted by molar-refractivity contribution is 0.285. The van der Waals surface area contributed by atoms with Crippen LogP contribution in [-0.4, -0.2) is 35.5 Å². The van der Waals surface area contributed by atoms with E-state index in [9.17, 15) is 10.0 Å². The number of nitrogens with zero attached hydrogens (tertiary/aromatic N) is 2. The highest BCUT2D eigenvalue weighted by atomic mass is 32.1. The quantitative estimate of drug-likeness (QED) is 0.306. The lowest BCUT2D eigenvalue weighted by Gasteiger charge is -2.16. The maximum atomic E-state index is 9.80. The molecule has 0 fully saturated rings. The van der Waals surface area contributed by atoms with Crippen LogP contribution in [0.3, 0.4) is 0 Å². The largest absolute Gasteiger partial charge is 0.493 e. The second kappa shape index (κ2) is 9.36. The van der Waals surface area contributed by atoms with Gasteiger partial charge < -0.3 is 19.5 Å². The first-order valence-electron chi connectivity index (χ1n) is 8.53. The molecule has 0 saturated carbocycles. The average Bonchev–Trinajstić information content (AvgIpc) is 3.12. The summed E-state index contributed by atoms with van der Waals surface area (Å²) in [5, 5.41) is 26.3. The molecule has 0 spiro atoms. The molecule has 2 aromatic carbocycles. The Bertz CT molecular complexity index is 948. The van der Waals surface area contributed by atoms with Crippen molar-refractivity contribution >= 4 is 35.3 Å². The SMILES string of the molecule is COc1cc(C=NNc2nc(C)cs2)cc(B(O)O)c1OCc1ccccc1. The Labute approximate surface area is 167 Å². The van der Waals surface area contributed by atoms with Gasteiger partial charge in [-0.1, -0.05) is 30.3 Å². The molecule has 0 amide bonds. The first-order valence-corrected chi connectivity index (χ1v) is 9.41. The van der Waals surface area contributed by atoms with E-state index in [4.69, 9.17) is 9.47 Å². The van der Waals surface area contributed by atoms with Crippen LogP contribution >= 0.6 is 11.3 Å². The van der Waals surface area contributed by atoms with E-state index < -0.39 is 7.12 Å². The fraction of sp³-hybridized carbons (Fsp3) is 0.158. The summed E-state index contributed by atoms with van der Waals surface area (Å²) in [6.45, 7) is 2.18. The lowest BCUT2D eigenvalue weighted by Crippen LogP contribution is -2.32. The summed E-state index contributed by atoms with van der Waals surface area (Å²) < 4.78 is 11.2. The predicted molar refractivity (Wildman–Crippen MR) is 112 cm³/mol. The van der Waals surface area contributed by atoms with Gasteiger partial charge in [-0.05, 0) is 30.2 Å². The minimum absolute atomic E-state index is 0.196. The summed E-state index contributed by atoms with van der Waals surface area (Å²) >= 11 is 1.45. The number of hydrogen-bond donors (Lipinski definition) is 3. The van der Waals surface area contributed by atoms with E-state index in [1.54, 1.807) is 18.3 Å². The minimum atomic E-state index is -1.72. The van der Waals surface area contributed by atoms with Gasteiger partial charge in [0.2, 0.25) is 5.13 Å². The molecule has 0 saturated heterocycles. The molecule has 7 nitrogen and oxygen atoms in total. The highest BCUT2D eigenvalue weighted by Gasteiger charge is 2.22. The van der Waals surface area contributed by atoms with Crippen molar-refractivity contribution in [1.29, 1.82) is 0 Å². The van der Waals surface area contributed by atoms with Gasteiger partial charge in [0.25, 0.3) is 0 Å². The van der Waals surface area contributed by atoms with Gasteiger partial charge in [-0.2, -0.15) is 5.10 Å². The van der Waals surface area contributed by atoms with Gasteiger partial charge in [0, 0.05) is 10.8 Å². The Balaban J connectivity index is 1.81. The standard InChI is InChI=1S/C19H20BN3O4S/c1-13-12-28-19(22-13)23-21-10-15-8-16(20(24)25)18(17(9-15)26-2)27-11-14-6-4-3-5-7-14/h3-10,12,24-25H,11H2,1-2H3,(H,22,23). The smallest absolute Gasteiger partial charge is 0.492 e. The van der Waals surface area contributed by atoms with Crippen molar-refractivity contribution in [2.45, 2.75) is 13.5 Å². The number of rotatable bonds is 8. The normalized spacial score (nSPS) is 10.9. The highest BCUT2D eigenvalue weighted by molar-refractivity contribution is 7.13. The van der Waals surface area contributed by atoms with Crippen molar-refractivity contribution in [2.75, 3.05) is 12.5 Å². The first-order chi connectivity index (χ1) is 13.6. The summed E-state index contributed by atoms with van der Waals surface area (Å²) in [5.74, 6) is 0.662. The third-order valence-electron chi connectivity index (χ3n) is 3.82. The third kappa shape index (κ3) is 5.10. The predicted octanol–water partition coefficient (Wildman–Crippen LogP) is 2.16. The van der Waals surface area contributed by atoms with Crippen LogP contribution in [0.2, 0.25) is 0 Å². The molecule has 1 heterocycles. The molecule has 3 N–H and O–H groups in total. The second-order valence-electron chi connectivity index (χ2n) is 5.95. The number of hydrazone groups is 1. The zero-order valence-electron chi connectivity index (χ0n) is 15.5. The zero-order valence-corrected chi connectivity index (χ0v) is 16.3. The van der Waals surface area contributed by atoms with Crippen LogP contribution in [0.15, 0.2) is 52.9 Å². The van der Waals surface area contributed by atoms with E-state index in [-0.39, 0.29) is 17.8 Å². The van der Waals surface area contributed by atoms with Crippen LogP contribution in [0.25, 0.3) is 0 Å². The van der Waals surface area contributed by atoms with Crippen molar-refractivity contribution in [1.82, 2.24) is 4.98 Å². The van der Waals surface area contributed by atoms with Gasteiger partial charge >= 0.3 is 7.12 Å². The van der Waals surface area contributed by atoms with Crippen LogP contribution in [0.1, 0.15) is 16.8 Å². The third-order valence-corrected chi connectivity index (χ3v) is 4.69. The van der Waals surface area contributed by atoms with Crippen LogP contribution in [0, 0.1) is 6.92 Å². The van der Waals surface area contributed by atoms with E-state index in [1.165, 1.54) is 18.4 Å². The van der Waals surface area contributed by atoms with Crippen molar-refractivity contribution in [3.63, 3.8) is 0 Å². The van der Waals surface area contributed by atoms with Gasteiger partial charge in [-0.3, -0.25) is 5.43 Å². The van der Waals surface area contributed by atoms with Crippen LogP contribution < -0.4 is 20.4 Å². The number of aromatic nitrogens is 1. The summed E-state index contributed by atoms with van der Waals surface area (Å²) in [4.78, 5) is 4.26. The Hall–Kier alpha value is -2.88. The Morgan fingerprint density at radius 1 is 1.25 bits per heavy atom. The van der Waals surface area contributed by atoms with E-state index >= 15 is 0 Å². The molecule has 0 unspecified atom stereocenters. The van der Waals surface area contributed by atoms with E-state index in [1.807, 2.05) is 42.6 Å². The number of methoxy groups -OCH3 is 1. The van der Waals surface area contributed by atoms with Gasteiger partial charge in [0.1, 0.15) is 6.61 Å². The van der Waals surface area contributed by atoms with E-state index in [0.717, 1.165) is 11.3 Å². The fourth-order valence-electron chi connectivity index (χ4n) is 2.52. The van der Waals surface area contributed by atoms with Crippen molar-refractivity contribution in [3.8, 4) is 11.5 Å². The summed E-state index contributed by atoms with van der Waals surface area (Å²) in [5.41, 5.74) is 5.52. The van der Waals surface area contributed by atoms with Gasteiger partial charge in [-0.15, -0.1) is 11.3 Å². The maximum Gasteiger partial charge on any atom is 0.492 e. The molecule has 0 aliphatic rings. The molecule has 3 aromatic rings. The number of hydrogen-bond acceptors (Lipinski definition) is 8. The molecule has 0 atom stereocenters. The molecular formula is C19H20BN3O4S. The molecule has 0 aliphatic carbocycles. The van der Waals surface area contributed by atoms with Gasteiger partial charge in [0.15, 0.2) is 11.5 Å². The molecule has 1 aromatic heterocycles. The fourth-order valence-corrected chi connectivity index (χ4v) is 3.15. The number of aryl methyl sites for hydroxylation is 1. The molecule has 0 bridgehead atoms. The summed E-state index contributed by atoms with van der Waals surface area (Å²) in [6, 6.07) is 12.9. The summed E-state index contributed by atoms with van der Waals surface area (Å²) in [7, 11) is -0.224. The molecule has 28 heavy (non-hydrogen) atoms. The van der Waals surface area contributed by atoms with Crippen LogP contribution in [-0.2, 0) is 6.61 Å². The maximum absolute atomic E-state index is 9.80. The minimum Gasteiger partial charge on any atom is -0.493 e. The zero-order chi connectivity index (χ0) is 19.9. The lowest BCUT2D eigenvalue weighted by atomic mass is 9.78. The van der Waals surface area contributed by atoms with E-state index in [0.29, 0.717) is 16.4 Å². The van der Waals surface area contributed by atoms with Crippen molar-refractivity contribution in [2.24, 2.45) is 5.10 Å². The molecule has 144 valence electrons. The van der Waals surface area contributed by atoms with Crippen molar-refractivity contribution in [3.05, 3.63) is 64.7 Å². The number of anilines is 1. The molecule has 0 radical (unpaired) electrons. The molecule has 3 rings (SSSR count).